The molecule has 1 aliphatic rings. The van der Waals surface area contributed by atoms with Crippen molar-refractivity contribution in [3.8, 4) is 11.5 Å². The molecule has 0 unspecified atom stereocenters. The van der Waals surface area contributed by atoms with Gasteiger partial charge in [0, 0.05) is 10.6 Å². The number of rotatable bonds is 7. The molecular formula is C27H25ClN2O3S. The quantitative estimate of drug-likeness (QED) is 0.367. The van der Waals surface area contributed by atoms with Crippen molar-refractivity contribution in [2.75, 3.05) is 6.61 Å². The Bertz CT molecular complexity index is 1290. The number of amides is 1. The largest absolute Gasteiger partial charge is 0.490 e. The highest BCUT2D eigenvalue weighted by molar-refractivity contribution is 8.18. The van der Waals surface area contributed by atoms with E-state index in [2.05, 4.69) is 17.2 Å². The highest BCUT2D eigenvalue weighted by atomic mass is 35.5. The maximum atomic E-state index is 12.5. The summed E-state index contributed by atoms with van der Waals surface area (Å²) in [7, 11) is 0. The predicted octanol–water partition coefficient (Wildman–Crippen LogP) is 6.83. The maximum absolute atomic E-state index is 12.5. The molecule has 1 N–H and O–H groups in total. The van der Waals surface area contributed by atoms with Crippen molar-refractivity contribution in [3.63, 3.8) is 0 Å². The third-order valence-corrected chi connectivity index (χ3v) is 6.56. The summed E-state index contributed by atoms with van der Waals surface area (Å²) in [5.74, 6) is 1.05. The fourth-order valence-corrected chi connectivity index (χ4v) is 4.35. The third-order valence-electron chi connectivity index (χ3n) is 5.28. The zero-order chi connectivity index (χ0) is 24.1. The first kappa shape index (κ1) is 23.9. The van der Waals surface area contributed by atoms with E-state index in [9.17, 15) is 4.79 Å². The first-order valence-corrected chi connectivity index (χ1v) is 12.1. The third kappa shape index (κ3) is 5.82. The van der Waals surface area contributed by atoms with Crippen molar-refractivity contribution in [1.82, 2.24) is 5.32 Å². The van der Waals surface area contributed by atoms with Crippen LogP contribution in [-0.4, -0.2) is 17.7 Å². The summed E-state index contributed by atoms with van der Waals surface area (Å²) in [5.41, 5.74) is 4.90. The van der Waals surface area contributed by atoms with Gasteiger partial charge in [-0.2, -0.15) is 0 Å². The lowest BCUT2D eigenvalue weighted by molar-refractivity contribution is -0.115. The van der Waals surface area contributed by atoms with Gasteiger partial charge in [0.25, 0.3) is 5.91 Å². The van der Waals surface area contributed by atoms with E-state index in [1.807, 2.05) is 80.6 Å². The van der Waals surface area contributed by atoms with E-state index in [0.29, 0.717) is 39.8 Å². The van der Waals surface area contributed by atoms with Crippen LogP contribution in [0.15, 0.2) is 70.6 Å². The van der Waals surface area contributed by atoms with Crippen LogP contribution < -0.4 is 14.8 Å². The Morgan fingerprint density at radius 3 is 2.59 bits per heavy atom. The Labute approximate surface area is 208 Å². The SMILES string of the molecule is CCOc1cc(C=C2SC(=Nc3ccc(C)c(C)c3)NC2=O)ccc1OCc1ccccc1Cl. The van der Waals surface area contributed by atoms with Crippen LogP contribution in [0.4, 0.5) is 5.69 Å². The number of benzene rings is 3. The Morgan fingerprint density at radius 2 is 1.82 bits per heavy atom. The molecular weight excluding hydrogens is 468 g/mol. The molecule has 1 saturated heterocycles. The van der Waals surface area contributed by atoms with Crippen molar-refractivity contribution in [2.24, 2.45) is 4.99 Å². The van der Waals surface area contributed by atoms with Gasteiger partial charge in [-0.15, -0.1) is 0 Å². The van der Waals surface area contributed by atoms with E-state index in [0.717, 1.165) is 22.4 Å². The molecule has 34 heavy (non-hydrogen) atoms. The summed E-state index contributed by atoms with van der Waals surface area (Å²) in [6.07, 6.45) is 1.82. The second kappa shape index (κ2) is 10.8. The molecule has 1 fully saturated rings. The van der Waals surface area contributed by atoms with Crippen molar-refractivity contribution < 1.29 is 14.3 Å². The lowest BCUT2D eigenvalue weighted by Gasteiger charge is -2.13. The number of thioether (sulfide) groups is 1. The van der Waals surface area contributed by atoms with Gasteiger partial charge in [-0.1, -0.05) is 41.9 Å². The zero-order valence-corrected chi connectivity index (χ0v) is 20.8. The normalized spacial score (nSPS) is 15.6. The number of aliphatic imine (C=N–C) groups is 1. The molecule has 0 atom stereocenters. The van der Waals surface area contributed by atoms with Gasteiger partial charge in [0.2, 0.25) is 0 Å². The fourth-order valence-electron chi connectivity index (χ4n) is 3.32. The number of ether oxygens (including phenoxy) is 2. The molecule has 0 radical (unpaired) electrons. The second-order valence-electron chi connectivity index (χ2n) is 7.77. The molecule has 3 aromatic carbocycles. The molecule has 174 valence electrons. The monoisotopic (exact) mass is 492 g/mol. The molecule has 1 amide bonds. The van der Waals surface area contributed by atoms with Crippen LogP contribution in [0.2, 0.25) is 5.02 Å². The second-order valence-corrected chi connectivity index (χ2v) is 9.21. The van der Waals surface area contributed by atoms with Crippen LogP contribution in [0.1, 0.15) is 29.2 Å². The smallest absolute Gasteiger partial charge is 0.264 e. The molecule has 4 rings (SSSR count). The predicted molar refractivity (Wildman–Crippen MR) is 140 cm³/mol. The number of aryl methyl sites for hydroxylation is 2. The highest BCUT2D eigenvalue weighted by Gasteiger charge is 2.24. The van der Waals surface area contributed by atoms with Crippen molar-refractivity contribution in [3.05, 3.63) is 92.8 Å². The molecule has 3 aromatic rings. The molecule has 1 heterocycles. The van der Waals surface area contributed by atoms with E-state index in [-0.39, 0.29) is 5.91 Å². The number of nitrogens with zero attached hydrogens (tertiary/aromatic N) is 1. The summed E-state index contributed by atoms with van der Waals surface area (Å²) < 4.78 is 11.8. The molecule has 0 aliphatic carbocycles. The van der Waals surface area contributed by atoms with Crippen LogP contribution in [-0.2, 0) is 11.4 Å². The number of amidine groups is 1. The summed E-state index contributed by atoms with van der Waals surface area (Å²) in [4.78, 5) is 17.7. The van der Waals surface area contributed by atoms with Gasteiger partial charge < -0.3 is 14.8 Å². The maximum Gasteiger partial charge on any atom is 0.264 e. The van der Waals surface area contributed by atoms with E-state index < -0.39 is 0 Å². The summed E-state index contributed by atoms with van der Waals surface area (Å²) in [5, 5.41) is 4.06. The van der Waals surface area contributed by atoms with Gasteiger partial charge in [-0.3, -0.25) is 4.79 Å². The number of hydrogen-bond acceptors (Lipinski definition) is 5. The number of hydrogen-bond donors (Lipinski definition) is 1. The van der Waals surface area contributed by atoms with E-state index >= 15 is 0 Å². The van der Waals surface area contributed by atoms with Crippen LogP contribution in [0.3, 0.4) is 0 Å². The summed E-state index contributed by atoms with van der Waals surface area (Å²) >= 11 is 7.55. The minimum absolute atomic E-state index is 0.176. The van der Waals surface area contributed by atoms with Gasteiger partial charge >= 0.3 is 0 Å². The average Bonchev–Trinajstić information content (AvgIpc) is 3.15. The number of carbonyl (C=O) groups is 1. The fraction of sp³-hybridized carbons (Fsp3) is 0.185. The van der Waals surface area contributed by atoms with Gasteiger partial charge in [-0.05, 0) is 85.6 Å². The van der Waals surface area contributed by atoms with Gasteiger partial charge in [0.1, 0.15) is 6.61 Å². The summed E-state index contributed by atoms with van der Waals surface area (Å²) in [6.45, 7) is 6.84. The van der Waals surface area contributed by atoms with Crippen molar-refractivity contribution >= 4 is 46.2 Å². The lowest BCUT2D eigenvalue weighted by atomic mass is 10.1. The Morgan fingerprint density at radius 1 is 1.00 bits per heavy atom. The van der Waals surface area contributed by atoms with Crippen LogP contribution in [0, 0.1) is 13.8 Å². The Balaban J connectivity index is 1.52. The summed E-state index contributed by atoms with van der Waals surface area (Å²) in [6, 6.07) is 19.1. The molecule has 1 aliphatic heterocycles. The van der Waals surface area contributed by atoms with Crippen LogP contribution in [0.5, 0.6) is 11.5 Å². The minimum atomic E-state index is -0.176. The molecule has 0 bridgehead atoms. The van der Waals surface area contributed by atoms with Crippen LogP contribution in [0.25, 0.3) is 6.08 Å². The average molecular weight is 493 g/mol. The lowest BCUT2D eigenvalue weighted by Crippen LogP contribution is -2.19. The molecule has 0 aromatic heterocycles. The number of nitrogens with one attached hydrogen (secondary N) is 1. The van der Waals surface area contributed by atoms with Crippen molar-refractivity contribution in [1.29, 1.82) is 0 Å². The zero-order valence-electron chi connectivity index (χ0n) is 19.2. The molecule has 5 nitrogen and oxygen atoms in total. The first-order chi connectivity index (χ1) is 16.4. The standard InChI is InChI=1S/C27H25ClN2O3S/c1-4-32-24-14-19(10-12-23(24)33-16-20-7-5-6-8-22(20)28)15-25-26(31)30-27(34-25)29-21-11-9-17(2)18(3)13-21/h5-15H,4,16H2,1-3H3,(H,29,30,31). The van der Waals surface area contributed by atoms with Gasteiger partial charge in [-0.25, -0.2) is 4.99 Å². The van der Waals surface area contributed by atoms with Gasteiger partial charge in [0.15, 0.2) is 16.7 Å². The Kier molecular flexibility index (Phi) is 7.60. The number of carbonyl (C=O) groups excluding carboxylic acids is 1. The minimum Gasteiger partial charge on any atom is -0.490 e. The van der Waals surface area contributed by atoms with Crippen molar-refractivity contribution in [2.45, 2.75) is 27.4 Å². The van der Waals surface area contributed by atoms with Gasteiger partial charge in [0.05, 0.1) is 17.2 Å². The molecule has 0 saturated carbocycles. The van der Waals surface area contributed by atoms with E-state index in [1.165, 1.54) is 17.3 Å². The van der Waals surface area contributed by atoms with Crippen LogP contribution >= 0.6 is 23.4 Å². The topological polar surface area (TPSA) is 59.9 Å². The molecule has 0 spiro atoms. The van der Waals surface area contributed by atoms with E-state index in [4.69, 9.17) is 21.1 Å². The first-order valence-electron chi connectivity index (χ1n) is 10.9. The number of halogens is 1. The van der Waals surface area contributed by atoms with E-state index in [1.54, 1.807) is 0 Å². The Hall–Kier alpha value is -3.22. The molecule has 7 heteroatoms. The highest BCUT2D eigenvalue weighted by Crippen LogP contribution is 2.33.